The van der Waals surface area contributed by atoms with Crippen molar-refractivity contribution in [1.29, 1.82) is 0 Å². The van der Waals surface area contributed by atoms with Crippen LogP contribution in [-0.2, 0) is 17.4 Å². The maximum atomic E-state index is 12.9. The number of rotatable bonds is 3. The minimum Gasteiger partial charge on any atom is -0.333 e. The van der Waals surface area contributed by atoms with Gasteiger partial charge < -0.3 is 4.90 Å². The fraction of sp³-hybridized carbons (Fsp3) is 0.333. The van der Waals surface area contributed by atoms with Crippen molar-refractivity contribution >= 4 is 27.5 Å². The molecule has 1 atom stereocenters. The summed E-state index contributed by atoms with van der Waals surface area (Å²) < 4.78 is 39.3. The van der Waals surface area contributed by atoms with Gasteiger partial charge >= 0.3 is 6.18 Å². The molecule has 4 rings (SSSR count). The van der Waals surface area contributed by atoms with E-state index in [4.69, 9.17) is 4.98 Å². The third kappa shape index (κ3) is 3.90. The number of carbonyl (C=O) groups is 1. The number of hydrogen-bond donors (Lipinski definition) is 0. The smallest absolute Gasteiger partial charge is 0.333 e. The van der Waals surface area contributed by atoms with Crippen LogP contribution >= 0.6 is 11.3 Å². The molecule has 28 heavy (non-hydrogen) atoms. The van der Waals surface area contributed by atoms with Crippen LogP contribution in [0.1, 0.15) is 41.4 Å². The number of fused-ring (bicyclic) bond motifs is 1. The fourth-order valence-electron chi connectivity index (χ4n) is 3.61. The van der Waals surface area contributed by atoms with Crippen LogP contribution in [0.25, 0.3) is 10.2 Å². The number of likely N-dealkylation sites (tertiary alicyclic amines) is 1. The third-order valence-electron chi connectivity index (χ3n) is 5.06. The second-order valence-electron chi connectivity index (χ2n) is 6.99. The van der Waals surface area contributed by atoms with Crippen LogP contribution < -0.4 is 0 Å². The van der Waals surface area contributed by atoms with Gasteiger partial charge in [0, 0.05) is 6.54 Å². The number of para-hydroxylation sites is 1. The topological polar surface area (TPSA) is 33.2 Å². The zero-order chi connectivity index (χ0) is 19.7. The van der Waals surface area contributed by atoms with Gasteiger partial charge in [0.05, 0.1) is 28.2 Å². The maximum absolute atomic E-state index is 12.9. The molecular weight excluding hydrogens is 385 g/mol. The summed E-state index contributed by atoms with van der Waals surface area (Å²) in [6.45, 7) is 0.653. The van der Waals surface area contributed by atoms with Gasteiger partial charge in [-0.1, -0.05) is 24.3 Å². The molecule has 1 aromatic heterocycles. The predicted molar refractivity (Wildman–Crippen MR) is 103 cm³/mol. The average molecular weight is 404 g/mol. The molecule has 0 unspecified atom stereocenters. The molecule has 0 bridgehead atoms. The van der Waals surface area contributed by atoms with Gasteiger partial charge in [0.15, 0.2) is 0 Å². The first-order valence-corrected chi connectivity index (χ1v) is 10.0. The van der Waals surface area contributed by atoms with Crippen molar-refractivity contribution in [2.45, 2.75) is 37.9 Å². The lowest BCUT2D eigenvalue weighted by Gasteiger charge is -2.34. The zero-order valence-electron chi connectivity index (χ0n) is 15.1. The van der Waals surface area contributed by atoms with Gasteiger partial charge in [-0.05, 0) is 49.1 Å². The molecule has 7 heteroatoms. The first kappa shape index (κ1) is 18.9. The van der Waals surface area contributed by atoms with Gasteiger partial charge in [0.2, 0.25) is 5.91 Å². The molecule has 1 fully saturated rings. The van der Waals surface area contributed by atoms with Crippen molar-refractivity contribution in [2.24, 2.45) is 0 Å². The lowest BCUT2D eigenvalue weighted by Crippen LogP contribution is -2.39. The predicted octanol–water partition coefficient (Wildman–Crippen LogP) is 5.61. The highest BCUT2D eigenvalue weighted by atomic mass is 32.1. The zero-order valence-corrected chi connectivity index (χ0v) is 15.9. The maximum Gasteiger partial charge on any atom is 0.416 e. The Bertz CT molecular complexity index is 948. The van der Waals surface area contributed by atoms with Gasteiger partial charge in [-0.2, -0.15) is 13.2 Å². The molecule has 2 heterocycles. The molecule has 1 amide bonds. The molecule has 0 spiro atoms. The normalized spacial score (nSPS) is 17.8. The number of amides is 1. The lowest BCUT2D eigenvalue weighted by atomic mass is 10.0. The number of hydrogen-bond acceptors (Lipinski definition) is 3. The van der Waals surface area contributed by atoms with Crippen LogP contribution in [0.3, 0.4) is 0 Å². The molecule has 0 saturated carbocycles. The van der Waals surface area contributed by atoms with Crippen molar-refractivity contribution in [3.8, 4) is 0 Å². The van der Waals surface area contributed by atoms with E-state index in [-0.39, 0.29) is 18.4 Å². The van der Waals surface area contributed by atoms with Gasteiger partial charge in [0.1, 0.15) is 5.01 Å². The lowest BCUT2D eigenvalue weighted by molar-refractivity contribution is -0.137. The number of alkyl halides is 3. The largest absolute Gasteiger partial charge is 0.416 e. The first-order chi connectivity index (χ1) is 13.4. The SMILES string of the molecule is O=C(Cc1ccc(C(F)(F)F)cc1)N1CCCC[C@H]1c1nc2ccccc2s1. The van der Waals surface area contributed by atoms with Crippen LogP contribution in [0, 0.1) is 0 Å². The van der Waals surface area contributed by atoms with Gasteiger partial charge in [-0.25, -0.2) is 4.98 Å². The number of halogens is 3. The van der Waals surface area contributed by atoms with Crippen LogP contribution in [-0.4, -0.2) is 22.3 Å². The molecule has 1 aliphatic rings. The Morgan fingerprint density at radius 3 is 2.57 bits per heavy atom. The molecule has 1 saturated heterocycles. The Morgan fingerprint density at radius 2 is 1.86 bits per heavy atom. The molecule has 2 aromatic carbocycles. The Morgan fingerprint density at radius 1 is 1.11 bits per heavy atom. The Hall–Kier alpha value is -2.41. The van der Waals surface area contributed by atoms with Crippen LogP contribution in [0.2, 0.25) is 0 Å². The minimum absolute atomic E-state index is 0.0619. The van der Waals surface area contributed by atoms with E-state index in [2.05, 4.69) is 0 Å². The monoisotopic (exact) mass is 404 g/mol. The van der Waals surface area contributed by atoms with Crippen molar-refractivity contribution in [1.82, 2.24) is 9.88 Å². The standard InChI is InChI=1S/C21H19F3N2OS/c22-21(23,24)15-10-8-14(9-11-15)13-19(27)26-12-4-3-6-17(26)20-25-16-5-1-2-7-18(16)28-20/h1-2,5,7-11,17H,3-4,6,12-13H2/t17-/m0/s1. The molecule has 3 nitrogen and oxygen atoms in total. The summed E-state index contributed by atoms with van der Waals surface area (Å²) in [5.74, 6) is -0.0660. The summed E-state index contributed by atoms with van der Waals surface area (Å²) in [5.41, 5.74) is 0.823. The van der Waals surface area contributed by atoms with Gasteiger partial charge in [-0.15, -0.1) is 11.3 Å². The number of piperidine rings is 1. The Balaban J connectivity index is 1.53. The number of thiazole rings is 1. The van der Waals surface area contributed by atoms with E-state index >= 15 is 0 Å². The summed E-state index contributed by atoms with van der Waals surface area (Å²) in [6.07, 6.45) is -1.45. The number of benzene rings is 2. The summed E-state index contributed by atoms with van der Waals surface area (Å²) in [4.78, 5) is 19.5. The van der Waals surface area contributed by atoms with Crippen molar-refractivity contribution in [3.05, 3.63) is 64.7 Å². The molecule has 0 N–H and O–H groups in total. The molecule has 1 aliphatic heterocycles. The fourth-order valence-corrected chi connectivity index (χ4v) is 4.72. The van der Waals surface area contributed by atoms with Gasteiger partial charge in [-0.3, -0.25) is 4.79 Å². The van der Waals surface area contributed by atoms with E-state index in [0.717, 1.165) is 46.6 Å². The second-order valence-corrected chi connectivity index (χ2v) is 8.05. The average Bonchev–Trinajstić information content (AvgIpc) is 3.12. The minimum atomic E-state index is -4.37. The Labute approximate surface area is 164 Å². The van der Waals surface area contributed by atoms with E-state index in [1.807, 2.05) is 29.2 Å². The highest BCUT2D eigenvalue weighted by Crippen LogP contribution is 2.36. The highest BCUT2D eigenvalue weighted by molar-refractivity contribution is 7.18. The van der Waals surface area contributed by atoms with Crippen LogP contribution in [0.5, 0.6) is 0 Å². The van der Waals surface area contributed by atoms with E-state index in [9.17, 15) is 18.0 Å². The molecule has 0 radical (unpaired) electrons. The van der Waals surface area contributed by atoms with E-state index in [1.165, 1.54) is 12.1 Å². The summed E-state index contributed by atoms with van der Waals surface area (Å²) >= 11 is 1.61. The van der Waals surface area contributed by atoms with Gasteiger partial charge in [0.25, 0.3) is 0 Å². The van der Waals surface area contributed by atoms with Crippen molar-refractivity contribution in [3.63, 3.8) is 0 Å². The Kier molecular flexibility index (Phi) is 5.10. The van der Waals surface area contributed by atoms with Crippen LogP contribution in [0.4, 0.5) is 13.2 Å². The quantitative estimate of drug-likeness (QED) is 0.568. The summed E-state index contributed by atoms with van der Waals surface area (Å²) in [6, 6.07) is 12.7. The molecule has 3 aromatic rings. The number of nitrogens with zero attached hydrogens (tertiary/aromatic N) is 2. The van der Waals surface area contributed by atoms with Crippen LogP contribution in [0.15, 0.2) is 48.5 Å². The summed E-state index contributed by atoms with van der Waals surface area (Å²) in [5, 5.41) is 0.932. The van der Waals surface area contributed by atoms with Crippen molar-refractivity contribution < 1.29 is 18.0 Å². The number of carbonyl (C=O) groups excluding carboxylic acids is 1. The van der Waals surface area contributed by atoms with E-state index < -0.39 is 11.7 Å². The molecule has 0 aliphatic carbocycles. The highest BCUT2D eigenvalue weighted by Gasteiger charge is 2.32. The number of aromatic nitrogens is 1. The second kappa shape index (κ2) is 7.54. The molecular formula is C21H19F3N2OS. The molecule has 146 valence electrons. The third-order valence-corrected chi connectivity index (χ3v) is 6.19. The first-order valence-electron chi connectivity index (χ1n) is 9.23. The van der Waals surface area contributed by atoms with E-state index in [1.54, 1.807) is 11.3 Å². The summed E-state index contributed by atoms with van der Waals surface area (Å²) in [7, 11) is 0. The van der Waals surface area contributed by atoms with E-state index in [0.29, 0.717) is 12.1 Å². The van der Waals surface area contributed by atoms with Crippen molar-refractivity contribution in [2.75, 3.05) is 6.54 Å².